The Bertz CT molecular complexity index is 722. The number of hydrogen-bond acceptors (Lipinski definition) is 3. The van der Waals surface area contributed by atoms with Gasteiger partial charge in [0.05, 0.1) is 13.5 Å². The molecule has 1 unspecified atom stereocenters. The van der Waals surface area contributed by atoms with Crippen LogP contribution in [0.25, 0.3) is 0 Å². The third-order valence-corrected chi connectivity index (χ3v) is 4.75. The standard InChI is InChI=1S/C23H30O4/c1-4-5-6-7-19(14-23(24)25)21-13-12-20(15-22(21)26-3)27-16-18-10-8-17(2)9-11-18/h8-13,15,19H,4-7,14,16H2,1-3H3,(H,24,25). The molecule has 0 radical (unpaired) electrons. The van der Waals surface area contributed by atoms with Gasteiger partial charge in [-0.3, -0.25) is 4.79 Å². The van der Waals surface area contributed by atoms with Crippen LogP contribution in [0.4, 0.5) is 0 Å². The van der Waals surface area contributed by atoms with E-state index in [0.717, 1.165) is 42.6 Å². The summed E-state index contributed by atoms with van der Waals surface area (Å²) in [6, 6.07) is 13.9. The van der Waals surface area contributed by atoms with E-state index in [1.165, 1.54) is 5.56 Å². The third kappa shape index (κ3) is 6.63. The molecule has 0 aliphatic rings. The van der Waals surface area contributed by atoms with E-state index in [1.54, 1.807) is 7.11 Å². The molecule has 0 aromatic heterocycles. The minimum atomic E-state index is -0.779. The van der Waals surface area contributed by atoms with Gasteiger partial charge in [0, 0.05) is 6.07 Å². The minimum absolute atomic E-state index is 0.0462. The second-order valence-corrected chi connectivity index (χ2v) is 6.97. The van der Waals surface area contributed by atoms with Crippen LogP contribution in [0, 0.1) is 6.92 Å². The highest BCUT2D eigenvalue weighted by Gasteiger charge is 2.20. The second-order valence-electron chi connectivity index (χ2n) is 6.97. The Balaban J connectivity index is 2.12. The highest BCUT2D eigenvalue weighted by Crippen LogP contribution is 2.35. The molecule has 1 atom stereocenters. The zero-order chi connectivity index (χ0) is 19.6. The summed E-state index contributed by atoms with van der Waals surface area (Å²) in [5.41, 5.74) is 3.27. The number of aliphatic carboxylic acids is 1. The van der Waals surface area contributed by atoms with Gasteiger partial charge in [-0.2, -0.15) is 0 Å². The van der Waals surface area contributed by atoms with Crippen molar-refractivity contribution in [3.05, 3.63) is 59.2 Å². The molecule has 2 aromatic carbocycles. The van der Waals surface area contributed by atoms with E-state index in [-0.39, 0.29) is 12.3 Å². The lowest BCUT2D eigenvalue weighted by atomic mass is 9.89. The fraction of sp³-hybridized carbons (Fsp3) is 0.435. The average Bonchev–Trinajstić information content (AvgIpc) is 2.66. The van der Waals surface area contributed by atoms with Crippen molar-refractivity contribution in [1.82, 2.24) is 0 Å². The van der Waals surface area contributed by atoms with Crippen LogP contribution in [0.1, 0.15) is 61.6 Å². The lowest BCUT2D eigenvalue weighted by Crippen LogP contribution is -2.08. The molecule has 27 heavy (non-hydrogen) atoms. The van der Waals surface area contributed by atoms with Gasteiger partial charge in [-0.25, -0.2) is 0 Å². The maximum Gasteiger partial charge on any atom is 0.303 e. The molecule has 2 rings (SSSR count). The highest BCUT2D eigenvalue weighted by molar-refractivity contribution is 5.68. The predicted molar refractivity (Wildman–Crippen MR) is 108 cm³/mol. The van der Waals surface area contributed by atoms with Gasteiger partial charge >= 0.3 is 5.97 Å². The van der Waals surface area contributed by atoms with Crippen LogP contribution in [0.5, 0.6) is 11.5 Å². The maximum absolute atomic E-state index is 11.3. The first-order chi connectivity index (χ1) is 13.0. The largest absolute Gasteiger partial charge is 0.496 e. The molecule has 2 aromatic rings. The van der Waals surface area contributed by atoms with Crippen LogP contribution in [0.2, 0.25) is 0 Å². The van der Waals surface area contributed by atoms with Crippen molar-refractivity contribution >= 4 is 5.97 Å². The smallest absolute Gasteiger partial charge is 0.303 e. The third-order valence-electron chi connectivity index (χ3n) is 4.75. The van der Waals surface area contributed by atoms with Gasteiger partial charge in [0.25, 0.3) is 0 Å². The Labute approximate surface area is 162 Å². The fourth-order valence-electron chi connectivity index (χ4n) is 3.19. The summed E-state index contributed by atoms with van der Waals surface area (Å²) in [5, 5.41) is 9.28. The summed E-state index contributed by atoms with van der Waals surface area (Å²) >= 11 is 0. The van der Waals surface area contributed by atoms with Gasteiger partial charge in [0.1, 0.15) is 18.1 Å². The molecule has 4 heteroatoms. The van der Waals surface area contributed by atoms with E-state index < -0.39 is 5.97 Å². The van der Waals surface area contributed by atoms with Gasteiger partial charge in [0.2, 0.25) is 0 Å². The van der Waals surface area contributed by atoms with Gasteiger partial charge < -0.3 is 14.6 Å². The molecule has 146 valence electrons. The molecule has 1 N–H and O–H groups in total. The van der Waals surface area contributed by atoms with Crippen LogP contribution in [0.15, 0.2) is 42.5 Å². The molecule has 4 nitrogen and oxygen atoms in total. The van der Waals surface area contributed by atoms with Crippen LogP contribution in [0.3, 0.4) is 0 Å². The molecule has 0 fully saturated rings. The van der Waals surface area contributed by atoms with Gasteiger partial charge in [-0.1, -0.05) is 62.1 Å². The fourth-order valence-corrected chi connectivity index (χ4v) is 3.19. The lowest BCUT2D eigenvalue weighted by molar-refractivity contribution is -0.137. The van der Waals surface area contributed by atoms with Crippen molar-refractivity contribution in [3.8, 4) is 11.5 Å². The van der Waals surface area contributed by atoms with Crippen molar-refractivity contribution < 1.29 is 19.4 Å². The number of unbranched alkanes of at least 4 members (excludes halogenated alkanes) is 2. The summed E-state index contributed by atoms with van der Waals surface area (Å²) in [7, 11) is 1.62. The summed E-state index contributed by atoms with van der Waals surface area (Å²) in [5.74, 6) is 0.589. The number of carboxylic acids is 1. The maximum atomic E-state index is 11.3. The van der Waals surface area contributed by atoms with Crippen molar-refractivity contribution in [2.24, 2.45) is 0 Å². The summed E-state index contributed by atoms with van der Waals surface area (Å²) in [4.78, 5) is 11.3. The van der Waals surface area contributed by atoms with E-state index in [4.69, 9.17) is 9.47 Å². The van der Waals surface area contributed by atoms with Crippen molar-refractivity contribution in [2.75, 3.05) is 7.11 Å². The quantitative estimate of drug-likeness (QED) is 0.514. The number of hydrogen-bond donors (Lipinski definition) is 1. The van der Waals surface area contributed by atoms with Crippen molar-refractivity contribution in [1.29, 1.82) is 0 Å². The van der Waals surface area contributed by atoms with Crippen molar-refractivity contribution in [3.63, 3.8) is 0 Å². The molecule has 0 spiro atoms. The monoisotopic (exact) mass is 370 g/mol. The molecule has 0 bridgehead atoms. The minimum Gasteiger partial charge on any atom is -0.496 e. The van der Waals surface area contributed by atoms with Gasteiger partial charge in [0.15, 0.2) is 0 Å². The first-order valence-electron chi connectivity index (χ1n) is 9.61. The number of methoxy groups -OCH3 is 1. The summed E-state index contributed by atoms with van der Waals surface area (Å²) < 4.78 is 11.4. The molecular weight excluding hydrogens is 340 g/mol. The summed E-state index contributed by atoms with van der Waals surface area (Å²) in [6.45, 7) is 4.69. The Morgan fingerprint density at radius 3 is 2.48 bits per heavy atom. The molecular formula is C23H30O4. The Kier molecular flexibility index (Phi) is 8.18. The molecule has 0 heterocycles. The molecule has 0 saturated carbocycles. The van der Waals surface area contributed by atoms with E-state index in [0.29, 0.717) is 12.4 Å². The number of aryl methyl sites for hydroxylation is 1. The molecule has 0 saturated heterocycles. The molecule has 0 aliphatic heterocycles. The first-order valence-corrected chi connectivity index (χ1v) is 9.61. The van der Waals surface area contributed by atoms with E-state index in [9.17, 15) is 9.90 Å². The van der Waals surface area contributed by atoms with E-state index in [1.807, 2.05) is 18.2 Å². The van der Waals surface area contributed by atoms with Crippen molar-refractivity contribution in [2.45, 2.75) is 58.5 Å². The zero-order valence-corrected chi connectivity index (χ0v) is 16.5. The number of carbonyl (C=O) groups is 1. The van der Waals surface area contributed by atoms with Gasteiger partial charge in [-0.05, 0) is 36.5 Å². The number of carboxylic acid groups (broad SMARTS) is 1. The highest BCUT2D eigenvalue weighted by atomic mass is 16.5. The average molecular weight is 370 g/mol. The lowest BCUT2D eigenvalue weighted by Gasteiger charge is -2.19. The van der Waals surface area contributed by atoms with Gasteiger partial charge in [-0.15, -0.1) is 0 Å². The van der Waals surface area contributed by atoms with Crippen LogP contribution in [-0.2, 0) is 11.4 Å². The predicted octanol–water partition coefficient (Wildman–Crippen LogP) is 5.72. The number of benzene rings is 2. The van der Waals surface area contributed by atoms with E-state index >= 15 is 0 Å². The Morgan fingerprint density at radius 2 is 1.85 bits per heavy atom. The Hall–Kier alpha value is -2.49. The zero-order valence-electron chi connectivity index (χ0n) is 16.5. The first kappa shape index (κ1) is 20.8. The summed E-state index contributed by atoms with van der Waals surface area (Å²) in [6.07, 6.45) is 4.20. The van der Waals surface area contributed by atoms with E-state index in [2.05, 4.69) is 38.1 Å². The number of ether oxygens (including phenoxy) is 2. The SMILES string of the molecule is CCCCCC(CC(=O)O)c1ccc(OCc2ccc(C)cc2)cc1OC. The number of rotatable bonds is 11. The topological polar surface area (TPSA) is 55.8 Å². The van der Waals surface area contributed by atoms with Crippen LogP contribution >= 0.6 is 0 Å². The molecule has 0 amide bonds. The molecule has 0 aliphatic carbocycles. The van der Waals surface area contributed by atoms with Crippen LogP contribution < -0.4 is 9.47 Å². The Morgan fingerprint density at radius 1 is 1.11 bits per heavy atom. The normalized spacial score (nSPS) is 11.8. The second kappa shape index (κ2) is 10.6. The van der Waals surface area contributed by atoms with Crippen LogP contribution in [-0.4, -0.2) is 18.2 Å².